The summed E-state index contributed by atoms with van der Waals surface area (Å²) in [6, 6.07) is 0.392. The van der Waals surface area contributed by atoms with Crippen molar-refractivity contribution in [2.45, 2.75) is 45.6 Å². The molecule has 2 atom stereocenters. The zero-order valence-corrected chi connectivity index (χ0v) is 11.2. The van der Waals surface area contributed by atoms with E-state index >= 15 is 0 Å². The third-order valence-electron chi connectivity index (χ3n) is 3.64. The van der Waals surface area contributed by atoms with Gasteiger partial charge in [0.05, 0.1) is 6.20 Å². The second kappa shape index (κ2) is 5.58. The number of hydrogen-bond acceptors (Lipinski definition) is 4. The number of carbonyl (C=O) groups excluding carboxylic acids is 1. The molecule has 0 unspecified atom stereocenters. The lowest BCUT2D eigenvalue weighted by Crippen LogP contribution is -2.44. The van der Waals surface area contributed by atoms with Crippen molar-refractivity contribution in [1.82, 2.24) is 14.5 Å². The maximum absolute atomic E-state index is 12.3. The number of amides is 1. The minimum absolute atomic E-state index is 0.0984. The van der Waals surface area contributed by atoms with Gasteiger partial charge in [0.2, 0.25) is 0 Å². The van der Waals surface area contributed by atoms with Gasteiger partial charge in [-0.05, 0) is 37.2 Å². The van der Waals surface area contributed by atoms with Gasteiger partial charge in [-0.3, -0.25) is 4.79 Å². The number of carbonyl (C=O) groups is 1. The second-order valence-electron chi connectivity index (χ2n) is 4.70. The summed E-state index contributed by atoms with van der Waals surface area (Å²) < 4.78 is 3.77. The van der Waals surface area contributed by atoms with Gasteiger partial charge in [0, 0.05) is 12.6 Å². The first-order chi connectivity index (χ1) is 8.24. The molecular formula is C12H19N3OS. The first kappa shape index (κ1) is 12.5. The van der Waals surface area contributed by atoms with Crippen molar-refractivity contribution in [3.63, 3.8) is 0 Å². The topological polar surface area (TPSA) is 46.1 Å². The smallest absolute Gasteiger partial charge is 0.267 e. The summed E-state index contributed by atoms with van der Waals surface area (Å²) in [5.74, 6) is 0.704. The van der Waals surface area contributed by atoms with E-state index in [1.165, 1.54) is 30.8 Å². The van der Waals surface area contributed by atoms with Crippen molar-refractivity contribution in [3.8, 4) is 0 Å². The zero-order chi connectivity index (χ0) is 12.3. The molecule has 0 radical (unpaired) electrons. The van der Waals surface area contributed by atoms with Crippen molar-refractivity contribution in [1.29, 1.82) is 0 Å². The summed E-state index contributed by atoms with van der Waals surface area (Å²) in [4.78, 5) is 15.0. The summed E-state index contributed by atoms with van der Waals surface area (Å²) in [5, 5.41) is 3.75. The van der Waals surface area contributed by atoms with Crippen molar-refractivity contribution in [2.75, 3.05) is 6.54 Å². The van der Waals surface area contributed by atoms with Gasteiger partial charge in [-0.1, -0.05) is 24.3 Å². The number of hydrogen-bond donors (Lipinski definition) is 0. The van der Waals surface area contributed by atoms with Crippen LogP contribution in [0.25, 0.3) is 0 Å². The van der Waals surface area contributed by atoms with Crippen molar-refractivity contribution in [2.24, 2.45) is 5.92 Å². The lowest BCUT2D eigenvalue weighted by molar-refractivity contribution is 0.0574. The van der Waals surface area contributed by atoms with E-state index in [1.54, 1.807) is 6.20 Å². The molecule has 1 aromatic heterocycles. The summed E-state index contributed by atoms with van der Waals surface area (Å²) in [5.41, 5.74) is 0. The van der Waals surface area contributed by atoms with Crippen LogP contribution >= 0.6 is 11.5 Å². The fraction of sp³-hybridized carbons (Fsp3) is 0.750. The van der Waals surface area contributed by atoms with E-state index in [0.717, 1.165) is 13.0 Å². The fourth-order valence-corrected chi connectivity index (χ4v) is 3.16. The monoisotopic (exact) mass is 253 g/mol. The number of aromatic nitrogens is 2. The van der Waals surface area contributed by atoms with E-state index in [-0.39, 0.29) is 5.91 Å². The molecule has 5 heteroatoms. The molecule has 1 aliphatic carbocycles. The highest BCUT2D eigenvalue weighted by atomic mass is 32.1. The van der Waals surface area contributed by atoms with E-state index in [4.69, 9.17) is 0 Å². The number of nitrogens with zero attached hydrogens (tertiary/aromatic N) is 3. The van der Waals surface area contributed by atoms with E-state index in [1.807, 2.05) is 11.8 Å². The zero-order valence-electron chi connectivity index (χ0n) is 10.4. The molecule has 2 rings (SSSR count). The molecule has 4 nitrogen and oxygen atoms in total. The summed E-state index contributed by atoms with van der Waals surface area (Å²) in [6.45, 7) is 5.07. The van der Waals surface area contributed by atoms with Crippen LogP contribution in [0.15, 0.2) is 6.20 Å². The van der Waals surface area contributed by atoms with Gasteiger partial charge in [0.15, 0.2) is 0 Å². The summed E-state index contributed by atoms with van der Waals surface area (Å²) in [7, 11) is 0. The third kappa shape index (κ3) is 2.65. The molecule has 17 heavy (non-hydrogen) atoms. The lowest BCUT2D eigenvalue weighted by Gasteiger charge is -2.37. The minimum atomic E-state index is 0.0984. The van der Waals surface area contributed by atoms with E-state index in [9.17, 15) is 4.79 Å². The molecule has 0 aliphatic heterocycles. The lowest BCUT2D eigenvalue weighted by atomic mass is 9.85. The Balaban J connectivity index is 2.12. The molecule has 0 saturated heterocycles. The molecule has 1 saturated carbocycles. The number of rotatable bonds is 3. The van der Waals surface area contributed by atoms with Crippen LogP contribution in [0.1, 0.15) is 49.2 Å². The SMILES string of the molecule is CCN(C(=O)c1cnns1)[C@@H]1CCCC[C@H]1C. The van der Waals surface area contributed by atoms with E-state index < -0.39 is 0 Å². The predicted molar refractivity (Wildman–Crippen MR) is 68.0 cm³/mol. The van der Waals surface area contributed by atoms with Crippen LogP contribution in [0, 0.1) is 5.92 Å². The van der Waals surface area contributed by atoms with Crippen LogP contribution in [0.2, 0.25) is 0 Å². The van der Waals surface area contributed by atoms with Gasteiger partial charge in [-0.25, -0.2) is 0 Å². The maximum Gasteiger partial charge on any atom is 0.267 e. The van der Waals surface area contributed by atoms with Crippen LogP contribution < -0.4 is 0 Å². The van der Waals surface area contributed by atoms with Gasteiger partial charge in [-0.15, -0.1) is 5.10 Å². The van der Waals surface area contributed by atoms with Gasteiger partial charge in [0.1, 0.15) is 4.88 Å². The Labute approximate surface area is 106 Å². The molecule has 1 fully saturated rings. The van der Waals surface area contributed by atoms with Crippen LogP contribution in [0.3, 0.4) is 0 Å². The standard InChI is InChI=1S/C12H19N3OS/c1-3-15(10-7-5-4-6-9(10)2)12(16)11-8-13-14-17-11/h8-10H,3-7H2,1-2H3/t9-,10-/m1/s1. The molecule has 1 aromatic rings. The first-order valence-corrected chi connectivity index (χ1v) is 7.09. The molecular weight excluding hydrogens is 234 g/mol. The van der Waals surface area contributed by atoms with Gasteiger partial charge in [0.25, 0.3) is 5.91 Å². The molecule has 94 valence electrons. The Morgan fingerprint density at radius 2 is 2.29 bits per heavy atom. The van der Waals surface area contributed by atoms with Gasteiger partial charge in [-0.2, -0.15) is 0 Å². The molecule has 1 aliphatic rings. The Morgan fingerprint density at radius 1 is 1.53 bits per heavy atom. The molecule has 1 amide bonds. The van der Waals surface area contributed by atoms with Crippen LogP contribution in [0.4, 0.5) is 0 Å². The van der Waals surface area contributed by atoms with Crippen molar-refractivity contribution < 1.29 is 4.79 Å². The molecule has 0 N–H and O–H groups in total. The predicted octanol–water partition coefficient (Wildman–Crippen LogP) is 2.58. The quantitative estimate of drug-likeness (QED) is 0.831. The average molecular weight is 253 g/mol. The van der Waals surface area contributed by atoms with Gasteiger partial charge < -0.3 is 4.90 Å². The largest absolute Gasteiger partial charge is 0.335 e. The Kier molecular flexibility index (Phi) is 4.10. The summed E-state index contributed by atoms with van der Waals surface area (Å²) >= 11 is 1.19. The minimum Gasteiger partial charge on any atom is -0.335 e. The second-order valence-corrected chi connectivity index (χ2v) is 5.49. The highest BCUT2D eigenvalue weighted by molar-refractivity contribution is 7.07. The highest BCUT2D eigenvalue weighted by Gasteiger charge is 2.30. The van der Waals surface area contributed by atoms with Crippen molar-refractivity contribution >= 4 is 17.4 Å². The first-order valence-electron chi connectivity index (χ1n) is 6.32. The molecule has 0 spiro atoms. The van der Waals surface area contributed by atoms with Crippen LogP contribution in [-0.4, -0.2) is 33.0 Å². The van der Waals surface area contributed by atoms with Crippen LogP contribution in [-0.2, 0) is 0 Å². The fourth-order valence-electron chi connectivity index (χ4n) is 2.69. The van der Waals surface area contributed by atoms with Crippen molar-refractivity contribution in [3.05, 3.63) is 11.1 Å². The van der Waals surface area contributed by atoms with E-state index in [0.29, 0.717) is 16.8 Å². The Morgan fingerprint density at radius 3 is 2.88 bits per heavy atom. The Bertz CT molecular complexity index is 366. The molecule has 1 heterocycles. The molecule has 0 aromatic carbocycles. The Hall–Kier alpha value is -0.970. The maximum atomic E-state index is 12.3. The molecule has 0 bridgehead atoms. The van der Waals surface area contributed by atoms with E-state index in [2.05, 4.69) is 16.5 Å². The highest BCUT2D eigenvalue weighted by Crippen LogP contribution is 2.29. The normalized spacial score (nSPS) is 24.6. The summed E-state index contributed by atoms with van der Waals surface area (Å²) in [6.07, 6.45) is 6.47. The van der Waals surface area contributed by atoms with Crippen LogP contribution in [0.5, 0.6) is 0 Å². The third-order valence-corrected chi connectivity index (χ3v) is 4.29. The van der Waals surface area contributed by atoms with Gasteiger partial charge >= 0.3 is 0 Å². The average Bonchev–Trinajstić information content (AvgIpc) is 2.86.